The first-order chi connectivity index (χ1) is 12.8. The lowest BCUT2D eigenvalue weighted by atomic mass is 10.0. The highest BCUT2D eigenvalue weighted by Crippen LogP contribution is 2.46. The Bertz CT molecular complexity index is 867. The summed E-state index contributed by atoms with van der Waals surface area (Å²) in [5, 5.41) is 1.44. The van der Waals surface area contributed by atoms with E-state index in [0.29, 0.717) is 28.2 Å². The standard InChI is InChI=1S/C22H28ClN3O/c1-13-8-19(18-6-5-7-20(23)21(18)24-13)22(27)26(4)17-11-14-9-16(25(2)3)10-15(14)12-17/h5-8,14-17H,9-12H2,1-4H3/t14-,15+,16?,17?. The highest BCUT2D eigenvalue weighted by atomic mass is 35.5. The fourth-order valence-electron chi connectivity index (χ4n) is 5.16. The van der Waals surface area contributed by atoms with E-state index in [-0.39, 0.29) is 5.91 Å². The Kier molecular flexibility index (Phi) is 4.89. The van der Waals surface area contributed by atoms with Gasteiger partial charge in [-0.15, -0.1) is 0 Å². The molecule has 1 aromatic heterocycles. The quantitative estimate of drug-likeness (QED) is 0.786. The van der Waals surface area contributed by atoms with Crippen LogP contribution in [0.2, 0.25) is 5.02 Å². The number of carbonyl (C=O) groups is 1. The van der Waals surface area contributed by atoms with Crippen molar-refractivity contribution in [2.75, 3.05) is 21.1 Å². The van der Waals surface area contributed by atoms with E-state index in [1.165, 1.54) is 12.8 Å². The number of fused-ring (bicyclic) bond motifs is 2. The minimum Gasteiger partial charge on any atom is -0.339 e. The second-order valence-corrected chi connectivity index (χ2v) is 9.00. The summed E-state index contributed by atoms with van der Waals surface area (Å²) in [5.41, 5.74) is 2.25. The number of carbonyl (C=O) groups excluding carboxylic acids is 1. The summed E-state index contributed by atoms with van der Waals surface area (Å²) < 4.78 is 0. The second-order valence-electron chi connectivity index (χ2n) is 8.60. The monoisotopic (exact) mass is 385 g/mol. The van der Waals surface area contributed by atoms with Crippen LogP contribution in [0.3, 0.4) is 0 Å². The van der Waals surface area contributed by atoms with Crippen LogP contribution in [-0.2, 0) is 0 Å². The molecule has 27 heavy (non-hydrogen) atoms. The van der Waals surface area contributed by atoms with Crippen molar-refractivity contribution in [1.82, 2.24) is 14.8 Å². The first kappa shape index (κ1) is 18.7. The summed E-state index contributed by atoms with van der Waals surface area (Å²) in [6.45, 7) is 1.92. The van der Waals surface area contributed by atoms with Crippen LogP contribution in [0.15, 0.2) is 24.3 Å². The van der Waals surface area contributed by atoms with Crippen molar-refractivity contribution >= 4 is 28.4 Å². The number of hydrogen-bond acceptors (Lipinski definition) is 3. The van der Waals surface area contributed by atoms with E-state index in [0.717, 1.165) is 35.8 Å². The Morgan fingerprint density at radius 3 is 2.33 bits per heavy atom. The van der Waals surface area contributed by atoms with Crippen molar-refractivity contribution in [3.8, 4) is 0 Å². The maximum atomic E-state index is 13.3. The molecule has 2 saturated carbocycles. The van der Waals surface area contributed by atoms with Crippen LogP contribution in [0, 0.1) is 18.8 Å². The summed E-state index contributed by atoms with van der Waals surface area (Å²) in [5.74, 6) is 1.59. The molecule has 0 radical (unpaired) electrons. The van der Waals surface area contributed by atoms with E-state index in [4.69, 9.17) is 11.6 Å². The number of aromatic nitrogens is 1. The van der Waals surface area contributed by atoms with Gasteiger partial charge in [-0.1, -0.05) is 23.7 Å². The van der Waals surface area contributed by atoms with Gasteiger partial charge < -0.3 is 9.80 Å². The summed E-state index contributed by atoms with van der Waals surface area (Å²) in [6, 6.07) is 8.59. The Morgan fingerprint density at radius 1 is 1.07 bits per heavy atom. The molecule has 144 valence electrons. The molecule has 0 spiro atoms. The molecule has 0 bridgehead atoms. The summed E-state index contributed by atoms with van der Waals surface area (Å²) in [6.07, 6.45) is 4.78. The molecule has 1 heterocycles. The van der Waals surface area contributed by atoms with Crippen molar-refractivity contribution in [3.05, 3.63) is 40.5 Å². The van der Waals surface area contributed by atoms with Crippen LogP contribution in [0.5, 0.6) is 0 Å². The van der Waals surface area contributed by atoms with Crippen molar-refractivity contribution in [2.24, 2.45) is 11.8 Å². The number of para-hydroxylation sites is 1. The van der Waals surface area contributed by atoms with Gasteiger partial charge in [-0.25, -0.2) is 0 Å². The zero-order chi connectivity index (χ0) is 19.3. The van der Waals surface area contributed by atoms with E-state index in [1.54, 1.807) is 0 Å². The van der Waals surface area contributed by atoms with Crippen molar-refractivity contribution in [2.45, 2.75) is 44.7 Å². The van der Waals surface area contributed by atoms with Gasteiger partial charge in [-0.2, -0.15) is 0 Å². The molecule has 2 aliphatic carbocycles. The number of pyridine rings is 1. The summed E-state index contributed by atoms with van der Waals surface area (Å²) in [7, 11) is 6.32. The highest BCUT2D eigenvalue weighted by molar-refractivity contribution is 6.35. The third-order valence-corrected chi connectivity index (χ3v) is 7.02. The largest absolute Gasteiger partial charge is 0.339 e. The van der Waals surface area contributed by atoms with E-state index in [1.807, 2.05) is 43.1 Å². The maximum Gasteiger partial charge on any atom is 0.254 e. The molecule has 0 N–H and O–H groups in total. The Morgan fingerprint density at radius 2 is 1.70 bits per heavy atom. The Labute approximate surface area is 166 Å². The average molecular weight is 386 g/mol. The number of aryl methyl sites for hydroxylation is 1. The molecule has 2 aliphatic rings. The molecule has 1 amide bonds. The average Bonchev–Trinajstić information content (AvgIpc) is 3.20. The fraction of sp³-hybridized carbons (Fsp3) is 0.545. The molecule has 2 unspecified atom stereocenters. The molecule has 0 aliphatic heterocycles. The SMILES string of the molecule is Cc1cc(C(=O)N(C)C2C[C@H]3CC(N(C)C)C[C@H]3C2)c2cccc(Cl)c2n1. The van der Waals surface area contributed by atoms with Crippen LogP contribution < -0.4 is 0 Å². The van der Waals surface area contributed by atoms with Gasteiger partial charge in [0.25, 0.3) is 5.91 Å². The number of halogens is 1. The number of rotatable bonds is 3. The molecule has 1 aromatic carbocycles. The second kappa shape index (κ2) is 7.06. The van der Waals surface area contributed by atoms with Gasteiger partial charge in [0.1, 0.15) is 0 Å². The van der Waals surface area contributed by atoms with Crippen LogP contribution in [0.25, 0.3) is 10.9 Å². The Balaban J connectivity index is 1.56. The lowest BCUT2D eigenvalue weighted by molar-refractivity contribution is 0.0728. The first-order valence-electron chi connectivity index (χ1n) is 9.84. The maximum absolute atomic E-state index is 13.3. The molecular formula is C22H28ClN3O. The number of amides is 1. The van der Waals surface area contributed by atoms with Gasteiger partial charge >= 0.3 is 0 Å². The molecule has 2 fully saturated rings. The van der Waals surface area contributed by atoms with Gasteiger partial charge in [0.2, 0.25) is 0 Å². The van der Waals surface area contributed by atoms with Crippen molar-refractivity contribution in [1.29, 1.82) is 0 Å². The van der Waals surface area contributed by atoms with Crippen LogP contribution in [-0.4, -0.2) is 53.9 Å². The van der Waals surface area contributed by atoms with Crippen LogP contribution >= 0.6 is 11.6 Å². The van der Waals surface area contributed by atoms with Crippen molar-refractivity contribution in [3.63, 3.8) is 0 Å². The van der Waals surface area contributed by atoms with E-state index in [9.17, 15) is 4.79 Å². The first-order valence-corrected chi connectivity index (χ1v) is 10.2. The van der Waals surface area contributed by atoms with Crippen molar-refractivity contribution < 1.29 is 4.79 Å². The number of nitrogens with zero attached hydrogens (tertiary/aromatic N) is 3. The smallest absolute Gasteiger partial charge is 0.254 e. The Hall–Kier alpha value is -1.65. The minimum atomic E-state index is 0.0851. The summed E-state index contributed by atoms with van der Waals surface area (Å²) >= 11 is 6.32. The summed E-state index contributed by atoms with van der Waals surface area (Å²) in [4.78, 5) is 22.2. The zero-order valence-electron chi connectivity index (χ0n) is 16.6. The normalized spacial score (nSPS) is 27.3. The topological polar surface area (TPSA) is 36.4 Å². The zero-order valence-corrected chi connectivity index (χ0v) is 17.3. The molecule has 4 atom stereocenters. The molecule has 2 aromatic rings. The number of hydrogen-bond donors (Lipinski definition) is 0. The molecular weight excluding hydrogens is 358 g/mol. The van der Waals surface area contributed by atoms with Gasteiger partial charge in [0, 0.05) is 30.2 Å². The van der Waals surface area contributed by atoms with E-state index in [2.05, 4.69) is 24.0 Å². The van der Waals surface area contributed by atoms with E-state index >= 15 is 0 Å². The molecule has 5 heteroatoms. The molecule has 4 rings (SSSR count). The minimum absolute atomic E-state index is 0.0851. The molecule has 0 saturated heterocycles. The fourth-order valence-corrected chi connectivity index (χ4v) is 5.38. The van der Waals surface area contributed by atoms with Gasteiger partial charge in [0.15, 0.2) is 0 Å². The van der Waals surface area contributed by atoms with Gasteiger partial charge in [0.05, 0.1) is 16.1 Å². The predicted molar refractivity (Wildman–Crippen MR) is 110 cm³/mol. The van der Waals surface area contributed by atoms with Crippen LogP contribution in [0.4, 0.5) is 0 Å². The van der Waals surface area contributed by atoms with Gasteiger partial charge in [-0.05, 0) is 70.7 Å². The van der Waals surface area contributed by atoms with Crippen LogP contribution in [0.1, 0.15) is 41.7 Å². The number of benzene rings is 1. The lowest BCUT2D eigenvalue weighted by Gasteiger charge is -2.27. The predicted octanol–water partition coefficient (Wildman–Crippen LogP) is 4.39. The third-order valence-electron chi connectivity index (χ3n) is 6.71. The van der Waals surface area contributed by atoms with Gasteiger partial charge in [-0.3, -0.25) is 9.78 Å². The van der Waals surface area contributed by atoms with E-state index < -0.39 is 0 Å². The highest BCUT2D eigenvalue weighted by Gasteiger charge is 2.44. The lowest BCUT2D eigenvalue weighted by Crippen LogP contribution is -2.36. The third kappa shape index (κ3) is 3.34. The molecule has 4 nitrogen and oxygen atoms in total.